The Hall–Kier alpha value is -2.49. The van der Waals surface area contributed by atoms with Crippen molar-refractivity contribution in [3.05, 3.63) is 64.4 Å². The summed E-state index contributed by atoms with van der Waals surface area (Å²) in [4.78, 5) is 24.2. The molecule has 1 aromatic heterocycles. The van der Waals surface area contributed by atoms with Gasteiger partial charge in [0.05, 0.1) is 16.3 Å². The van der Waals surface area contributed by atoms with E-state index in [2.05, 4.69) is 20.8 Å². The van der Waals surface area contributed by atoms with E-state index in [1.807, 2.05) is 31.2 Å². The second-order valence-corrected chi connectivity index (χ2v) is 8.24. The van der Waals surface area contributed by atoms with E-state index >= 15 is 0 Å². The summed E-state index contributed by atoms with van der Waals surface area (Å²) in [6, 6.07) is 11.5. The molecule has 0 aliphatic carbocycles. The smallest absolute Gasteiger partial charge is 0.261 e. The zero-order valence-corrected chi connectivity index (χ0v) is 16.9. The molecule has 2 N–H and O–H groups in total. The molecule has 0 saturated carbocycles. The molecule has 3 rings (SSSR count). The highest BCUT2D eigenvalue weighted by atomic mass is 35.5. The van der Waals surface area contributed by atoms with Gasteiger partial charge in [0.15, 0.2) is 4.34 Å². The van der Waals surface area contributed by atoms with Crippen LogP contribution < -0.4 is 10.6 Å². The predicted molar refractivity (Wildman–Crippen MR) is 110 cm³/mol. The highest BCUT2D eigenvalue weighted by Gasteiger charge is 2.18. The van der Waals surface area contributed by atoms with Crippen molar-refractivity contribution in [3.63, 3.8) is 0 Å². The maximum atomic E-state index is 13.8. The third-order valence-corrected chi connectivity index (χ3v) is 5.73. The summed E-state index contributed by atoms with van der Waals surface area (Å²) < 4.78 is 14.3. The van der Waals surface area contributed by atoms with Crippen molar-refractivity contribution in [2.75, 3.05) is 16.4 Å². The molecular weight excluding hydrogens is 423 g/mol. The van der Waals surface area contributed by atoms with Crippen LogP contribution >= 0.6 is 34.7 Å². The van der Waals surface area contributed by atoms with Crippen molar-refractivity contribution >= 4 is 57.3 Å². The van der Waals surface area contributed by atoms with Crippen LogP contribution in [0, 0.1) is 12.7 Å². The molecule has 2 amide bonds. The average Bonchev–Trinajstić information content (AvgIpc) is 3.07. The molecule has 1 heterocycles. The van der Waals surface area contributed by atoms with Crippen LogP contribution in [0.5, 0.6) is 0 Å². The number of carbonyl (C=O) groups excluding carboxylic acids is 2. The Morgan fingerprint density at radius 2 is 1.96 bits per heavy atom. The van der Waals surface area contributed by atoms with Gasteiger partial charge in [-0.15, -0.1) is 10.2 Å². The molecule has 10 heteroatoms. The number of rotatable bonds is 6. The van der Waals surface area contributed by atoms with E-state index in [9.17, 15) is 14.0 Å². The first kappa shape index (κ1) is 20.2. The quantitative estimate of drug-likeness (QED) is 0.435. The monoisotopic (exact) mass is 436 g/mol. The van der Waals surface area contributed by atoms with Crippen LogP contribution in [-0.4, -0.2) is 27.8 Å². The van der Waals surface area contributed by atoms with E-state index in [1.54, 1.807) is 0 Å². The van der Waals surface area contributed by atoms with Crippen LogP contribution in [0.1, 0.15) is 15.9 Å². The lowest BCUT2D eigenvalue weighted by atomic mass is 10.2. The SMILES string of the molecule is Cc1cccc(NC(=O)CSc2nnc(NC(=O)c3c(F)cccc3Cl)s2)c1. The van der Waals surface area contributed by atoms with Crippen LogP contribution in [0.4, 0.5) is 15.2 Å². The fraction of sp³-hybridized carbons (Fsp3) is 0.111. The first-order chi connectivity index (χ1) is 13.4. The lowest BCUT2D eigenvalue weighted by Gasteiger charge is -2.05. The lowest BCUT2D eigenvalue weighted by molar-refractivity contribution is -0.113. The summed E-state index contributed by atoms with van der Waals surface area (Å²) >= 11 is 8.14. The topological polar surface area (TPSA) is 84.0 Å². The second kappa shape index (κ2) is 9.13. The number of anilines is 2. The number of aryl methyl sites for hydroxylation is 1. The summed E-state index contributed by atoms with van der Waals surface area (Å²) in [7, 11) is 0. The molecule has 2 aromatic carbocycles. The molecule has 28 heavy (non-hydrogen) atoms. The van der Waals surface area contributed by atoms with Gasteiger partial charge in [-0.3, -0.25) is 14.9 Å². The Kier molecular flexibility index (Phi) is 6.61. The Morgan fingerprint density at radius 3 is 2.71 bits per heavy atom. The fourth-order valence-electron chi connectivity index (χ4n) is 2.24. The Bertz CT molecular complexity index is 1010. The van der Waals surface area contributed by atoms with Crippen LogP contribution in [0.2, 0.25) is 5.02 Å². The van der Waals surface area contributed by atoms with Crippen molar-refractivity contribution in [1.29, 1.82) is 0 Å². The normalized spacial score (nSPS) is 10.5. The zero-order valence-electron chi connectivity index (χ0n) is 14.5. The maximum absolute atomic E-state index is 13.8. The fourth-order valence-corrected chi connectivity index (χ4v) is 4.04. The number of aromatic nitrogens is 2. The number of hydrogen-bond acceptors (Lipinski definition) is 6. The largest absolute Gasteiger partial charge is 0.325 e. The third kappa shape index (κ3) is 5.28. The van der Waals surface area contributed by atoms with Gasteiger partial charge in [0.25, 0.3) is 5.91 Å². The number of halogens is 2. The minimum Gasteiger partial charge on any atom is -0.325 e. The number of hydrogen-bond donors (Lipinski definition) is 2. The first-order valence-electron chi connectivity index (χ1n) is 8.00. The van der Waals surface area contributed by atoms with Crippen LogP contribution in [0.3, 0.4) is 0 Å². The summed E-state index contributed by atoms with van der Waals surface area (Å²) in [5, 5.41) is 13.2. The number of benzene rings is 2. The van der Waals surface area contributed by atoms with E-state index in [4.69, 9.17) is 11.6 Å². The average molecular weight is 437 g/mol. The van der Waals surface area contributed by atoms with Crippen molar-refractivity contribution in [2.45, 2.75) is 11.3 Å². The predicted octanol–water partition coefficient (Wildman–Crippen LogP) is 4.62. The molecule has 144 valence electrons. The van der Waals surface area contributed by atoms with Gasteiger partial charge in [0, 0.05) is 5.69 Å². The molecule has 0 radical (unpaired) electrons. The summed E-state index contributed by atoms with van der Waals surface area (Å²) in [6.07, 6.45) is 0. The molecule has 0 aliphatic rings. The molecular formula is C18H14ClFN4O2S2. The number of nitrogens with zero attached hydrogens (tertiary/aromatic N) is 2. The van der Waals surface area contributed by atoms with Crippen molar-refractivity contribution in [1.82, 2.24) is 10.2 Å². The number of thioether (sulfide) groups is 1. The Labute approximate surface area is 173 Å². The molecule has 6 nitrogen and oxygen atoms in total. The minimum absolute atomic E-state index is 0.00411. The minimum atomic E-state index is -0.725. The number of nitrogens with one attached hydrogen (secondary N) is 2. The molecule has 0 bridgehead atoms. The van der Waals surface area contributed by atoms with Gasteiger partial charge < -0.3 is 5.32 Å². The summed E-state index contributed by atoms with van der Waals surface area (Å²) in [5.41, 5.74) is 1.51. The number of amides is 2. The van der Waals surface area contributed by atoms with E-state index in [0.717, 1.165) is 28.7 Å². The van der Waals surface area contributed by atoms with Gasteiger partial charge in [0.1, 0.15) is 5.82 Å². The third-order valence-electron chi connectivity index (χ3n) is 3.45. The van der Waals surface area contributed by atoms with E-state index in [-0.39, 0.29) is 27.4 Å². The first-order valence-corrected chi connectivity index (χ1v) is 10.2. The molecule has 0 saturated heterocycles. The standard InChI is InChI=1S/C18H14ClFN4O2S2/c1-10-4-2-5-11(8-10)21-14(25)9-27-18-24-23-17(28-18)22-16(26)15-12(19)6-3-7-13(15)20/h2-8H,9H2,1H3,(H,21,25)(H,22,23,26). The van der Waals surface area contributed by atoms with E-state index < -0.39 is 11.7 Å². The van der Waals surface area contributed by atoms with Gasteiger partial charge in [-0.05, 0) is 36.8 Å². The van der Waals surface area contributed by atoms with E-state index in [0.29, 0.717) is 4.34 Å². The molecule has 0 spiro atoms. The lowest BCUT2D eigenvalue weighted by Crippen LogP contribution is -2.14. The van der Waals surface area contributed by atoms with Crippen molar-refractivity contribution < 1.29 is 14.0 Å². The second-order valence-electron chi connectivity index (χ2n) is 5.63. The maximum Gasteiger partial charge on any atom is 0.261 e. The highest BCUT2D eigenvalue weighted by molar-refractivity contribution is 8.01. The molecule has 0 atom stereocenters. The summed E-state index contributed by atoms with van der Waals surface area (Å²) in [6.45, 7) is 1.94. The van der Waals surface area contributed by atoms with Crippen LogP contribution in [0.15, 0.2) is 46.8 Å². The summed E-state index contributed by atoms with van der Waals surface area (Å²) in [5.74, 6) is -1.49. The molecule has 0 fully saturated rings. The Morgan fingerprint density at radius 1 is 1.18 bits per heavy atom. The van der Waals surface area contributed by atoms with Gasteiger partial charge in [0.2, 0.25) is 11.0 Å². The molecule has 0 unspecified atom stereocenters. The molecule has 3 aromatic rings. The van der Waals surface area contributed by atoms with E-state index in [1.165, 1.54) is 23.9 Å². The van der Waals surface area contributed by atoms with Gasteiger partial charge in [-0.25, -0.2) is 4.39 Å². The Balaban J connectivity index is 1.55. The van der Waals surface area contributed by atoms with Crippen LogP contribution in [0.25, 0.3) is 0 Å². The van der Waals surface area contributed by atoms with Gasteiger partial charge in [-0.1, -0.05) is 52.9 Å². The zero-order chi connectivity index (χ0) is 20.1. The molecule has 0 aliphatic heterocycles. The van der Waals surface area contributed by atoms with Crippen molar-refractivity contribution in [2.24, 2.45) is 0 Å². The van der Waals surface area contributed by atoms with Gasteiger partial charge >= 0.3 is 0 Å². The highest BCUT2D eigenvalue weighted by Crippen LogP contribution is 2.27. The number of carbonyl (C=O) groups is 2. The van der Waals surface area contributed by atoms with Crippen LogP contribution in [-0.2, 0) is 4.79 Å². The van der Waals surface area contributed by atoms with Gasteiger partial charge in [-0.2, -0.15) is 0 Å². The van der Waals surface area contributed by atoms with Crippen molar-refractivity contribution in [3.8, 4) is 0 Å².